The van der Waals surface area contributed by atoms with E-state index in [1.165, 1.54) is 0 Å². The lowest BCUT2D eigenvalue weighted by Gasteiger charge is -2.18. The van der Waals surface area contributed by atoms with Gasteiger partial charge in [0.15, 0.2) is 0 Å². The van der Waals surface area contributed by atoms with E-state index in [-0.39, 0.29) is 11.9 Å². The highest BCUT2D eigenvalue weighted by molar-refractivity contribution is 5.81. The first-order valence-electron chi connectivity index (χ1n) is 5.15. The fraction of sp³-hybridized carbons (Fsp3) is 0.900. The monoisotopic (exact) mass is 186 g/mol. The van der Waals surface area contributed by atoms with E-state index in [1.54, 1.807) is 0 Å². The predicted octanol–water partition coefficient (Wildman–Crippen LogP) is 1.29. The molecule has 0 aliphatic rings. The molecule has 0 fully saturated rings. The SMILES string of the molecule is CCCNC(=O)C(C)NC(C)CC. The third-order valence-corrected chi connectivity index (χ3v) is 2.09. The summed E-state index contributed by atoms with van der Waals surface area (Å²) in [5.41, 5.74) is 0. The van der Waals surface area contributed by atoms with E-state index in [1.807, 2.05) is 13.8 Å². The zero-order chi connectivity index (χ0) is 10.3. The third-order valence-electron chi connectivity index (χ3n) is 2.09. The Kier molecular flexibility index (Phi) is 6.59. The van der Waals surface area contributed by atoms with Crippen LogP contribution in [0.4, 0.5) is 0 Å². The summed E-state index contributed by atoms with van der Waals surface area (Å²) < 4.78 is 0. The van der Waals surface area contributed by atoms with Gasteiger partial charge in [-0.05, 0) is 26.7 Å². The molecule has 0 saturated carbocycles. The summed E-state index contributed by atoms with van der Waals surface area (Å²) in [6, 6.07) is 0.323. The summed E-state index contributed by atoms with van der Waals surface area (Å²) in [7, 11) is 0. The Balaban J connectivity index is 3.68. The van der Waals surface area contributed by atoms with Crippen LogP contribution in [0.5, 0.6) is 0 Å². The van der Waals surface area contributed by atoms with Gasteiger partial charge in [-0.1, -0.05) is 13.8 Å². The second kappa shape index (κ2) is 6.89. The molecular weight excluding hydrogens is 164 g/mol. The molecule has 78 valence electrons. The van der Waals surface area contributed by atoms with E-state index in [2.05, 4.69) is 24.5 Å². The zero-order valence-corrected chi connectivity index (χ0v) is 9.18. The zero-order valence-electron chi connectivity index (χ0n) is 9.18. The van der Waals surface area contributed by atoms with Crippen molar-refractivity contribution in [1.29, 1.82) is 0 Å². The quantitative estimate of drug-likeness (QED) is 0.656. The van der Waals surface area contributed by atoms with Crippen LogP contribution >= 0.6 is 0 Å². The van der Waals surface area contributed by atoms with Gasteiger partial charge in [-0.3, -0.25) is 4.79 Å². The van der Waals surface area contributed by atoms with Crippen molar-refractivity contribution < 1.29 is 4.79 Å². The summed E-state index contributed by atoms with van der Waals surface area (Å²) >= 11 is 0. The largest absolute Gasteiger partial charge is 0.355 e. The smallest absolute Gasteiger partial charge is 0.236 e. The van der Waals surface area contributed by atoms with Gasteiger partial charge in [0, 0.05) is 12.6 Å². The fourth-order valence-electron chi connectivity index (χ4n) is 1.02. The van der Waals surface area contributed by atoms with Crippen molar-refractivity contribution in [3.8, 4) is 0 Å². The Morgan fingerprint density at radius 1 is 1.31 bits per heavy atom. The molecule has 13 heavy (non-hydrogen) atoms. The molecule has 0 bridgehead atoms. The van der Waals surface area contributed by atoms with Crippen molar-refractivity contribution in [3.63, 3.8) is 0 Å². The number of hydrogen-bond acceptors (Lipinski definition) is 2. The van der Waals surface area contributed by atoms with Crippen LogP contribution in [0, 0.1) is 0 Å². The molecule has 0 rings (SSSR count). The molecule has 0 aromatic heterocycles. The lowest BCUT2D eigenvalue weighted by molar-refractivity contribution is -0.122. The number of hydrogen-bond donors (Lipinski definition) is 2. The van der Waals surface area contributed by atoms with E-state index in [0.717, 1.165) is 19.4 Å². The summed E-state index contributed by atoms with van der Waals surface area (Å²) in [5, 5.41) is 6.09. The molecule has 0 aliphatic heterocycles. The van der Waals surface area contributed by atoms with Gasteiger partial charge in [0.25, 0.3) is 0 Å². The maximum Gasteiger partial charge on any atom is 0.236 e. The predicted molar refractivity (Wildman–Crippen MR) is 55.7 cm³/mol. The van der Waals surface area contributed by atoms with Crippen LogP contribution in [0.15, 0.2) is 0 Å². The normalized spacial score (nSPS) is 15.1. The van der Waals surface area contributed by atoms with Crippen molar-refractivity contribution in [1.82, 2.24) is 10.6 Å². The Bertz CT molecular complexity index is 148. The van der Waals surface area contributed by atoms with Gasteiger partial charge in [0.2, 0.25) is 5.91 Å². The maximum atomic E-state index is 11.4. The minimum atomic E-state index is -0.0819. The summed E-state index contributed by atoms with van der Waals surface area (Å²) in [6.45, 7) is 8.91. The van der Waals surface area contributed by atoms with E-state index in [0.29, 0.717) is 6.04 Å². The molecule has 1 amide bonds. The molecular formula is C10H22N2O. The molecule has 3 heteroatoms. The Labute approximate surface area is 81.3 Å². The van der Waals surface area contributed by atoms with Crippen molar-refractivity contribution in [3.05, 3.63) is 0 Å². The Morgan fingerprint density at radius 3 is 2.38 bits per heavy atom. The molecule has 2 atom stereocenters. The second-order valence-corrected chi connectivity index (χ2v) is 3.49. The number of nitrogens with one attached hydrogen (secondary N) is 2. The average molecular weight is 186 g/mol. The second-order valence-electron chi connectivity index (χ2n) is 3.49. The molecule has 0 aliphatic carbocycles. The number of amides is 1. The number of carbonyl (C=O) groups excluding carboxylic acids is 1. The number of rotatable bonds is 6. The maximum absolute atomic E-state index is 11.4. The number of carbonyl (C=O) groups is 1. The lowest BCUT2D eigenvalue weighted by atomic mass is 10.2. The van der Waals surface area contributed by atoms with Crippen LogP contribution in [-0.4, -0.2) is 24.5 Å². The van der Waals surface area contributed by atoms with Gasteiger partial charge in [-0.15, -0.1) is 0 Å². The molecule has 0 radical (unpaired) electrons. The molecule has 2 unspecified atom stereocenters. The molecule has 3 nitrogen and oxygen atoms in total. The van der Waals surface area contributed by atoms with E-state index < -0.39 is 0 Å². The van der Waals surface area contributed by atoms with Gasteiger partial charge >= 0.3 is 0 Å². The highest BCUT2D eigenvalue weighted by Crippen LogP contribution is 1.91. The van der Waals surface area contributed by atoms with Gasteiger partial charge in [0.05, 0.1) is 6.04 Å². The summed E-state index contributed by atoms with van der Waals surface area (Å²) in [4.78, 5) is 11.4. The third kappa shape index (κ3) is 5.64. The van der Waals surface area contributed by atoms with E-state index in [9.17, 15) is 4.79 Å². The molecule has 0 aromatic rings. The van der Waals surface area contributed by atoms with Gasteiger partial charge < -0.3 is 10.6 Å². The minimum Gasteiger partial charge on any atom is -0.355 e. The standard InChI is InChI=1S/C10H22N2O/c1-5-7-11-10(13)9(4)12-8(3)6-2/h8-9,12H,5-7H2,1-4H3,(H,11,13). The van der Waals surface area contributed by atoms with Crippen molar-refractivity contribution in [2.45, 2.75) is 52.6 Å². The van der Waals surface area contributed by atoms with E-state index >= 15 is 0 Å². The molecule has 0 spiro atoms. The Hall–Kier alpha value is -0.570. The molecule has 2 N–H and O–H groups in total. The highest BCUT2D eigenvalue weighted by Gasteiger charge is 2.12. The van der Waals surface area contributed by atoms with Crippen molar-refractivity contribution in [2.24, 2.45) is 0 Å². The molecule has 0 heterocycles. The van der Waals surface area contributed by atoms with Crippen LogP contribution in [0.25, 0.3) is 0 Å². The topological polar surface area (TPSA) is 41.1 Å². The van der Waals surface area contributed by atoms with Crippen LogP contribution in [0.1, 0.15) is 40.5 Å². The van der Waals surface area contributed by atoms with Crippen LogP contribution in [0.2, 0.25) is 0 Å². The lowest BCUT2D eigenvalue weighted by Crippen LogP contribution is -2.45. The van der Waals surface area contributed by atoms with E-state index in [4.69, 9.17) is 0 Å². The first kappa shape index (κ1) is 12.4. The summed E-state index contributed by atoms with van der Waals surface area (Å²) in [6.07, 6.45) is 2.03. The summed E-state index contributed by atoms with van der Waals surface area (Å²) in [5.74, 6) is 0.0992. The minimum absolute atomic E-state index is 0.0819. The molecule has 0 aromatic carbocycles. The first-order valence-corrected chi connectivity index (χ1v) is 5.15. The molecule has 0 saturated heterocycles. The van der Waals surface area contributed by atoms with Crippen molar-refractivity contribution >= 4 is 5.91 Å². The van der Waals surface area contributed by atoms with Crippen LogP contribution < -0.4 is 10.6 Å². The van der Waals surface area contributed by atoms with Gasteiger partial charge in [-0.25, -0.2) is 0 Å². The fourth-order valence-corrected chi connectivity index (χ4v) is 1.02. The Morgan fingerprint density at radius 2 is 1.92 bits per heavy atom. The van der Waals surface area contributed by atoms with Crippen LogP contribution in [-0.2, 0) is 4.79 Å². The average Bonchev–Trinajstić information content (AvgIpc) is 2.13. The first-order chi connectivity index (χ1) is 6.11. The van der Waals surface area contributed by atoms with Crippen LogP contribution in [0.3, 0.4) is 0 Å². The van der Waals surface area contributed by atoms with Gasteiger partial charge in [0.1, 0.15) is 0 Å². The highest BCUT2D eigenvalue weighted by atomic mass is 16.2. The van der Waals surface area contributed by atoms with Crippen molar-refractivity contribution in [2.75, 3.05) is 6.54 Å². The van der Waals surface area contributed by atoms with Gasteiger partial charge in [-0.2, -0.15) is 0 Å².